The normalized spacial score (nSPS) is 21.2. The number of hydrogen-bond acceptors (Lipinski definition) is 3. The van der Waals surface area contributed by atoms with Gasteiger partial charge < -0.3 is 14.5 Å². The highest BCUT2D eigenvalue weighted by Crippen LogP contribution is 2.35. The van der Waals surface area contributed by atoms with Crippen LogP contribution >= 0.6 is 0 Å². The fourth-order valence-electron chi connectivity index (χ4n) is 3.92. The predicted molar refractivity (Wildman–Crippen MR) is 93.5 cm³/mol. The summed E-state index contributed by atoms with van der Waals surface area (Å²) < 4.78 is 44.5. The van der Waals surface area contributed by atoms with E-state index in [1.807, 2.05) is 23.1 Å². The van der Waals surface area contributed by atoms with Crippen LogP contribution in [0.25, 0.3) is 0 Å². The van der Waals surface area contributed by atoms with Crippen LogP contribution in [-0.2, 0) is 11.2 Å². The Morgan fingerprint density at radius 1 is 1.23 bits per heavy atom. The number of ether oxygens (including phenoxy) is 1. The van der Waals surface area contributed by atoms with E-state index in [1.54, 1.807) is 7.11 Å². The lowest BCUT2D eigenvalue weighted by Crippen LogP contribution is -2.48. The van der Waals surface area contributed by atoms with Crippen molar-refractivity contribution in [2.45, 2.75) is 38.3 Å². The molecule has 0 saturated carbocycles. The zero-order valence-electron chi connectivity index (χ0n) is 15.0. The van der Waals surface area contributed by atoms with Crippen LogP contribution in [0, 0.1) is 5.92 Å². The van der Waals surface area contributed by atoms with Gasteiger partial charge in [-0.2, -0.15) is 13.2 Å². The molecule has 0 aromatic heterocycles. The molecule has 0 spiro atoms. The smallest absolute Gasteiger partial charge is 0.393 e. The van der Waals surface area contributed by atoms with E-state index in [0.29, 0.717) is 13.0 Å². The maximum Gasteiger partial charge on any atom is 0.393 e. The summed E-state index contributed by atoms with van der Waals surface area (Å²) >= 11 is 0. The third kappa shape index (κ3) is 4.07. The molecule has 3 rings (SSSR count). The fraction of sp³-hybridized carbons (Fsp3) is 0.632. The van der Waals surface area contributed by atoms with Gasteiger partial charge in [-0.1, -0.05) is 6.07 Å². The van der Waals surface area contributed by atoms with Crippen molar-refractivity contribution in [1.82, 2.24) is 4.90 Å². The minimum atomic E-state index is -4.23. The Morgan fingerprint density at radius 3 is 2.77 bits per heavy atom. The van der Waals surface area contributed by atoms with E-state index in [2.05, 4.69) is 0 Å². The average molecular weight is 370 g/mol. The van der Waals surface area contributed by atoms with Crippen LogP contribution in [-0.4, -0.2) is 50.3 Å². The second-order valence-corrected chi connectivity index (χ2v) is 7.06. The largest absolute Gasteiger partial charge is 0.496 e. The van der Waals surface area contributed by atoms with Gasteiger partial charge in [0.1, 0.15) is 5.75 Å². The monoisotopic (exact) mass is 370 g/mol. The molecule has 0 N–H and O–H groups in total. The van der Waals surface area contributed by atoms with Crippen molar-refractivity contribution < 1.29 is 22.7 Å². The molecule has 0 radical (unpaired) electrons. The first-order chi connectivity index (χ1) is 12.4. The molecule has 2 aliphatic heterocycles. The Balaban J connectivity index is 1.74. The maximum absolute atomic E-state index is 13.0. The van der Waals surface area contributed by atoms with E-state index in [9.17, 15) is 18.0 Å². The molecule has 2 heterocycles. The van der Waals surface area contributed by atoms with Gasteiger partial charge in [0, 0.05) is 30.9 Å². The summed E-state index contributed by atoms with van der Waals surface area (Å²) in [4.78, 5) is 16.1. The number of methoxy groups -OCH3 is 1. The highest BCUT2D eigenvalue weighted by atomic mass is 19.4. The van der Waals surface area contributed by atoms with Gasteiger partial charge >= 0.3 is 6.18 Å². The third-order valence-electron chi connectivity index (χ3n) is 5.34. The lowest BCUT2D eigenvalue weighted by atomic mass is 9.97. The van der Waals surface area contributed by atoms with E-state index >= 15 is 0 Å². The van der Waals surface area contributed by atoms with E-state index < -0.39 is 12.1 Å². The van der Waals surface area contributed by atoms with Crippen molar-refractivity contribution in [2.75, 3.05) is 38.2 Å². The molecule has 1 saturated heterocycles. The quantitative estimate of drug-likeness (QED) is 0.814. The zero-order chi connectivity index (χ0) is 18.7. The molecule has 1 aromatic carbocycles. The molecule has 7 heteroatoms. The van der Waals surface area contributed by atoms with Crippen LogP contribution in [0.1, 0.15) is 31.2 Å². The summed E-state index contributed by atoms with van der Waals surface area (Å²) in [6.07, 6.45) is -0.906. The van der Waals surface area contributed by atoms with E-state index in [-0.39, 0.29) is 25.4 Å². The van der Waals surface area contributed by atoms with Gasteiger partial charge in [-0.05, 0) is 44.2 Å². The molecule has 26 heavy (non-hydrogen) atoms. The SMILES string of the molecule is COc1cccc2c1CCCCN2CC(=O)N1CCCC(C(F)(F)F)C1. The first-order valence-electron chi connectivity index (χ1n) is 9.15. The topological polar surface area (TPSA) is 32.8 Å². The first kappa shape index (κ1) is 18.9. The van der Waals surface area contributed by atoms with E-state index in [0.717, 1.165) is 42.8 Å². The Labute approximate surface area is 151 Å². The average Bonchev–Trinajstić information content (AvgIpc) is 2.83. The number of carbonyl (C=O) groups is 1. The Bertz CT molecular complexity index is 648. The molecule has 0 aliphatic carbocycles. The number of halogens is 3. The minimum absolute atomic E-state index is 0.108. The second kappa shape index (κ2) is 7.76. The third-order valence-corrected chi connectivity index (χ3v) is 5.34. The number of rotatable bonds is 3. The molecule has 1 amide bonds. The summed E-state index contributed by atoms with van der Waals surface area (Å²) in [5, 5.41) is 0. The number of amides is 1. The number of anilines is 1. The molecule has 1 fully saturated rings. The number of hydrogen-bond donors (Lipinski definition) is 0. The fourth-order valence-corrected chi connectivity index (χ4v) is 3.92. The van der Waals surface area contributed by atoms with Crippen LogP contribution < -0.4 is 9.64 Å². The molecular formula is C19H25F3N2O2. The van der Waals surface area contributed by atoms with Crippen LogP contribution in [0.2, 0.25) is 0 Å². The lowest BCUT2D eigenvalue weighted by molar-refractivity contribution is -0.187. The maximum atomic E-state index is 13.0. The number of nitrogens with zero attached hydrogens (tertiary/aromatic N) is 2. The predicted octanol–water partition coefficient (Wildman–Crippen LogP) is 3.64. The molecule has 2 aliphatic rings. The lowest BCUT2D eigenvalue weighted by Gasteiger charge is -2.35. The van der Waals surface area contributed by atoms with Gasteiger partial charge in [0.15, 0.2) is 0 Å². The van der Waals surface area contributed by atoms with Gasteiger partial charge in [-0.15, -0.1) is 0 Å². The first-order valence-corrected chi connectivity index (χ1v) is 9.15. The Kier molecular flexibility index (Phi) is 5.63. The summed E-state index contributed by atoms with van der Waals surface area (Å²) in [5.41, 5.74) is 2.03. The number of fused-ring (bicyclic) bond motifs is 1. The number of carbonyl (C=O) groups excluding carboxylic acids is 1. The van der Waals surface area contributed by atoms with Gasteiger partial charge in [-0.3, -0.25) is 4.79 Å². The highest BCUT2D eigenvalue weighted by molar-refractivity contribution is 5.82. The van der Waals surface area contributed by atoms with Gasteiger partial charge in [-0.25, -0.2) is 0 Å². The molecule has 4 nitrogen and oxygen atoms in total. The number of alkyl halides is 3. The summed E-state index contributed by atoms with van der Waals surface area (Å²) in [5.74, 6) is -0.830. The van der Waals surface area contributed by atoms with Crippen LogP contribution in [0.15, 0.2) is 18.2 Å². The van der Waals surface area contributed by atoms with Crippen molar-refractivity contribution in [3.63, 3.8) is 0 Å². The molecule has 1 aromatic rings. The van der Waals surface area contributed by atoms with Crippen molar-refractivity contribution in [3.05, 3.63) is 23.8 Å². The van der Waals surface area contributed by atoms with Crippen LogP contribution in [0.5, 0.6) is 5.75 Å². The standard InChI is InChI=1S/C19H25F3N2O2/c1-26-17-9-4-8-16-15(17)7-2-3-10-23(16)13-18(25)24-11-5-6-14(12-24)19(20,21)22/h4,8-9,14H,2-3,5-7,10-13H2,1H3. The highest BCUT2D eigenvalue weighted by Gasteiger charge is 2.42. The van der Waals surface area contributed by atoms with Gasteiger partial charge in [0.25, 0.3) is 0 Å². The van der Waals surface area contributed by atoms with Crippen LogP contribution in [0.3, 0.4) is 0 Å². The van der Waals surface area contributed by atoms with Crippen molar-refractivity contribution >= 4 is 11.6 Å². The minimum Gasteiger partial charge on any atom is -0.496 e. The number of benzene rings is 1. The molecule has 144 valence electrons. The molecular weight excluding hydrogens is 345 g/mol. The van der Waals surface area contributed by atoms with Gasteiger partial charge in [0.2, 0.25) is 5.91 Å². The van der Waals surface area contributed by atoms with Crippen LogP contribution in [0.4, 0.5) is 18.9 Å². The molecule has 1 unspecified atom stereocenters. The van der Waals surface area contributed by atoms with E-state index in [4.69, 9.17) is 4.74 Å². The van der Waals surface area contributed by atoms with Crippen molar-refractivity contribution in [3.8, 4) is 5.75 Å². The van der Waals surface area contributed by atoms with Gasteiger partial charge in [0.05, 0.1) is 19.6 Å². The second-order valence-electron chi connectivity index (χ2n) is 7.06. The van der Waals surface area contributed by atoms with Crippen molar-refractivity contribution in [2.24, 2.45) is 5.92 Å². The Hall–Kier alpha value is -1.92. The number of likely N-dealkylation sites (tertiary alicyclic amines) is 1. The van der Waals surface area contributed by atoms with Crippen molar-refractivity contribution in [1.29, 1.82) is 0 Å². The molecule has 0 bridgehead atoms. The van der Waals surface area contributed by atoms with E-state index in [1.165, 1.54) is 4.90 Å². The summed E-state index contributed by atoms with van der Waals surface area (Å²) in [6.45, 7) is 1.03. The number of piperidine rings is 1. The molecule has 1 atom stereocenters. The summed E-state index contributed by atoms with van der Waals surface area (Å²) in [6, 6.07) is 5.76. The summed E-state index contributed by atoms with van der Waals surface area (Å²) in [7, 11) is 1.63. The zero-order valence-corrected chi connectivity index (χ0v) is 15.0. The Morgan fingerprint density at radius 2 is 2.04 bits per heavy atom.